The minimum Gasteiger partial charge on any atom is -0.379 e. The van der Waals surface area contributed by atoms with E-state index < -0.39 is 22.4 Å². The molecule has 11 heteroatoms. The molecule has 0 fully saturated rings. The number of hydrogen-bond donors (Lipinski definition) is 2. The van der Waals surface area contributed by atoms with Crippen LogP contribution in [0.25, 0.3) is 0 Å². The maximum atomic E-state index is 12.8. The van der Waals surface area contributed by atoms with E-state index in [1.165, 1.54) is 10.4 Å². The minimum absolute atomic E-state index is 0.0412. The number of fused-ring (bicyclic) bond motifs is 1. The standard InChI is InChI=1S/C20H23F3N4O3S/c1-13(26-8-5-18-14(12-26)6-9-31-18)11-25-19(28)4-7-24-16-3-2-15(20(21,22)23)10-17(16)27(29)30/h2-3,6,9-10,13,24H,4-5,7-8,11-12H2,1H3,(H,25,28). The maximum Gasteiger partial charge on any atom is 0.416 e. The first-order chi connectivity index (χ1) is 14.6. The molecule has 0 spiro atoms. The van der Waals surface area contributed by atoms with Gasteiger partial charge in [0.15, 0.2) is 0 Å². The molecule has 1 aliphatic rings. The van der Waals surface area contributed by atoms with Crippen molar-refractivity contribution in [3.63, 3.8) is 0 Å². The summed E-state index contributed by atoms with van der Waals surface area (Å²) in [5.41, 5.74) is -0.499. The van der Waals surface area contributed by atoms with E-state index in [4.69, 9.17) is 0 Å². The second kappa shape index (κ2) is 9.65. The first-order valence-corrected chi connectivity index (χ1v) is 10.7. The Bertz CT molecular complexity index is 948. The number of nitro benzene ring substituents is 1. The smallest absolute Gasteiger partial charge is 0.379 e. The zero-order chi connectivity index (χ0) is 22.6. The minimum atomic E-state index is -4.67. The SMILES string of the molecule is CC(CNC(=O)CCNc1ccc(C(F)(F)F)cc1[N+](=O)[O-])N1CCc2sccc2C1. The summed E-state index contributed by atoms with van der Waals surface area (Å²) in [5.74, 6) is -0.234. The normalized spacial score (nSPS) is 15.2. The van der Waals surface area contributed by atoms with E-state index in [0.717, 1.165) is 31.6 Å². The Morgan fingerprint density at radius 2 is 2.13 bits per heavy atom. The Morgan fingerprint density at radius 1 is 1.35 bits per heavy atom. The number of alkyl halides is 3. The molecule has 7 nitrogen and oxygen atoms in total. The van der Waals surface area contributed by atoms with Gasteiger partial charge >= 0.3 is 6.18 Å². The lowest BCUT2D eigenvalue weighted by molar-refractivity contribution is -0.384. The predicted octanol–water partition coefficient (Wildman–Crippen LogP) is 4.04. The Morgan fingerprint density at radius 3 is 2.84 bits per heavy atom. The number of rotatable bonds is 8. The van der Waals surface area contributed by atoms with Crippen LogP contribution in [0, 0.1) is 10.1 Å². The lowest BCUT2D eigenvalue weighted by Gasteiger charge is -2.32. The molecule has 2 heterocycles. The Balaban J connectivity index is 1.45. The maximum absolute atomic E-state index is 12.8. The van der Waals surface area contributed by atoms with Crippen molar-refractivity contribution in [3.05, 3.63) is 55.8 Å². The Labute approximate surface area is 181 Å². The molecule has 0 saturated carbocycles. The van der Waals surface area contributed by atoms with Crippen molar-refractivity contribution in [2.45, 2.75) is 38.5 Å². The van der Waals surface area contributed by atoms with E-state index in [1.807, 2.05) is 6.92 Å². The average molecular weight is 456 g/mol. The van der Waals surface area contributed by atoms with Gasteiger partial charge in [-0.25, -0.2) is 0 Å². The molecule has 1 aliphatic heterocycles. The van der Waals surface area contributed by atoms with Crippen LogP contribution in [-0.4, -0.2) is 41.4 Å². The second-order valence-corrected chi connectivity index (χ2v) is 8.41. The summed E-state index contributed by atoms with van der Waals surface area (Å²) in [5, 5.41) is 18.7. The zero-order valence-corrected chi connectivity index (χ0v) is 17.7. The van der Waals surface area contributed by atoms with Gasteiger partial charge in [-0.3, -0.25) is 19.8 Å². The number of benzene rings is 1. The number of thiophene rings is 1. The molecule has 0 bridgehead atoms. The molecule has 3 rings (SSSR count). The molecule has 2 N–H and O–H groups in total. The lowest BCUT2D eigenvalue weighted by atomic mass is 10.1. The highest BCUT2D eigenvalue weighted by molar-refractivity contribution is 7.10. The molecule has 1 amide bonds. The largest absolute Gasteiger partial charge is 0.416 e. The summed E-state index contributed by atoms with van der Waals surface area (Å²) >= 11 is 1.77. The monoisotopic (exact) mass is 456 g/mol. The van der Waals surface area contributed by atoms with E-state index in [2.05, 4.69) is 27.0 Å². The second-order valence-electron chi connectivity index (χ2n) is 7.41. The van der Waals surface area contributed by atoms with E-state index in [9.17, 15) is 28.1 Å². The van der Waals surface area contributed by atoms with Gasteiger partial charge in [-0.15, -0.1) is 11.3 Å². The number of carbonyl (C=O) groups excluding carboxylic acids is 1. The topological polar surface area (TPSA) is 87.5 Å². The molecule has 168 valence electrons. The van der Waals surface area contributed by atoms with Crippen molar-refractivity contribution in [1.82, 2.24) is 10.2 Å². The van der Waals surface area contributed by atoms with Crippen molar-refractivity contribution >= 4 is 28.6 Å². The molecule has 1 aromatic heterocycles. The number of anilines is 1. The van der Waals surface area contributed by atoms with Gasteiger partial charge in [0, 0.05) is 49.6 Å². The quantitative estimate of drug-likeness (QED) is 0.463. The average Bonchev–Trinajstić information content (AvgIpc) is 3.19. The van der Waals surface area contributed by atoms with Crippen LogP contribution in [0.2, 0.25) is 0 Å². The molecule has 2 aromatic rings. The van der Waals surface area contributed by atoms with Crippen molar-refractivity contribution in [1.29, 1.82) is 0 Å². The third kappa shape index (κ3) is 5.95. The number of nitrogens with one attached hydrogen (secondary N) is 2. The van der Waals surface area contributed by atoms with Crippen LogP contribution in [0.4, 0.5) is 24.5 Å². The van der Waals surface area contributed by atoms with Crippen LogP contribution in [0.5, 0.6) is 0 Å². The summed E-state index contributed by atoms with van der Waals surface area (Å²) in [4.78, 5) is 26.1. The van der Waals surface area contributed by atoms with Crippen LogP contribution < -0.4 is 10.6 Å². The van der Waals surface area contributed by atoms with Gasteiger partial charge in [0.05, 0.1) is 10.5 Å². The molecule has 1 atom stereocenters. The molecular weight excluding hydrogens is 433 g/mol. The van der Waals surface area contributed by atoms with E-state index in [-0.39, 0.29) is 30.6 Å². The summed E-state index contributed by atoms with van der Waals surface area (Å²) in [6, 6.07) is 4.55. The molecule has 0 radical (unpaired) electrons. The zero-order valence-electron chi connectivity index (χ0n) is 16.9. The van der Waals surface area contributed by atoms with Crippen LogP contribution in [-0.2, 0) is 23.9 Å². The highest BCUT2D eigenvalue weighted by atomic mass is 32.1. The van der Waals surface area contributed by atoms with Crippen molar-refractivity contribution in [2.24, 2.45) is 0 Å². The fraction of sp³-hybridized carbons (Fsp3) is 0.450. The van der Waals surface area contributed by atoms with Crippen LogP contribution in [0.15, 0.2) is 29.6 Å². The van der Waals surface area contributed by atoms with Gasteiger partial charge in [0.2, 0.25) is 5.91 Å². The number of hydrogen-bond acceptors (Lipinski definition) is 6. The van der Waals surface area contributed by atoms with Crippen LogP contribution in [0.1, 0.15) is 29.3 Å². The van der Waals surface area contributed by atoms with Crippen molar-refractivity contribution in [3.8, 4) is 0 Å². The van der Waals surface area contributed by atoms with Gasteiger partial charge in [-0.1, -0.05) is 0 Å². The van der Waals surface area contributed by atoms with Crippen LogP contribution in [0.3, 0.4) is 0 Å². The molecule has 31 heavy (non-hydrogen) atoms. The van der Waals surface area contributed by atoms with Crippen LogP contribution >= 0.6 is 11.3 Å². The third-order valence-corrected chi connectivity index (χ3v) is 6.27. The van der Waals surface area contributed by atoms with Gasteiger partial charge in [-0.05, 0) is 42.5 Å². The first kappa shape index (κ1) is 23.0. The molecule has 1 unspecified atom stereocenters. The highest BCUT2D eigenvalue weighted by Gasteiger charge is 2.33. The molecular formula is C20H23F3N4O3S. The van der Waals surface area contributed by atoms with E-state index >= 15 is 0 Å². The fourth-order valence-electron chi connectivity index (χ4n) is 3.44. The van der Waals surface area contributed by atoms with Gasteiger partial charge in [-0.2, -0.15) is 13.2 Å². The Hall–Kier alpha value is -2.66. The van der Waals surface area contributed by atoms with Gasteiger partial charge < -0.3 is 10.6 Å². The third-order valence-electron chi connectivity index (χ3n) is 5.24. The predicted molar refractivity (Wildman–Crippen MR) is 112 cm³/mol. The van der Waals surface area contributed by atoms with Crippen molar-refractivity contribution < 1.29 is 22.9 Å². The van der Waals surface area contributed by atoms with E-state index in [0.29, 0.717) is 12.6 Å². The molecule has 1 aromatic carbocycles. The molecule has 0 saturated heterocycles. The molecule has 0 aliphatic carbocycles. The summed E-state index contributed by atoms with van der Waals surface area (Å²) in [6.07, 6.45) is -3.63. The fourth-order valence-corrected chi connectivity index (χ4v) is 4.33. The van der Waals surface area contributed by atoms with Crippen molar-refractivity contribution in [2.75, 3.05) is 25.0 Å². The Kier molecular flexibility index (Phi) is 7.16. The summed E-state index contributed by atoms with van der Waals surface area (Å²) < 4.78 is 38.3. The summed E-state index contributed by atoms with van der Waals surface area (Å²) in [7, 11) is 0. The number of nitro groups is 1. The number of amides is 1. The number of halogens is 3. The summed E-state index contributed by atoms with van der Waals surface area (Å²) in [6.45, 7) is 4.37. The first-order valence-electron chi connectivity index (χ1n) is 9.80. The van der Waals surface area contributed by atoms with Gasteiger partial charge in [0.1, 0.15) is 5.69 Å². The highest BCUT2D eigenvalue weighted by Crippen LogP contribution is 2.35. The van der Waals surface area contributed by atoms with Gasteiger partial charge in [0.25, 0.3) is 5.69 Å². The van der Waals surface area contributed by atoms with E-state index in [1.54, 1.807) is 11.3 Å². The number of carbonyl (C=O) groups is 1. The number of nitrogens with zero attached hydrogens (tertiary/aromatic N) is 2. The lowest BCUT2D eigenvalue weighted by Crippen LogP contribution is -2.44.